The molecule has 1 amide bonds. The molecule has 3 aromatic rings. The van der Waals surface area contributed by atoms with Crippen LogP contribution in [0.5, 0.6) is 0 Å². The van der Waals surface area contributed by atoms with Crippen molar-refractivity contribution < 1.29 is 14.7 Å². The summed E-state index contributed by atoms with van der Waals surface area (Å²) in [7, 11) is 0. The Bertz CT molecular complexity index is 1020. The first-order valence-corrected chi connectivity index (χ1v) is 9.29. The normalized spacial score (nSPS) is 19.3. The van der Waals surface area contributed by atoms with Crippen molar-refractivity contribution in [3.05, 3.63) is 100 Å². The lowest BCUT2D eigenvalue weighted by Crippen LogP contribution is -2.44. The summed E-state index contributed by atoms with van der Waals surface area (Å²) in [5.74, 6) is -1.99. The molecule has 0 radical (unpaired) electrons. The second-order valence-electron chi connectivity index (χ2n) is 6.48. The van der Waals surface area contributed by atoms with E-state index in [-0.39, 0.29) is 5.78 Å². The first kappa shape index (κ1) is 17.6. The van der Waals surface area contributed by atoms with Crippen LogP contribution >= 0.6 is 15.9 Å². The van der Waals surface area contributed by atoms with E-state index >= 15 is 0 Å². The van der Waals surface area contributed by atoms with Crippen LogP contribution in [0.3, 0.4) is 0 Å². The second kappa shape index (κ2) is 6.76. The highest BCUT2D eigenvalue weighted by Crippen LogP contribution is 2.47. The molecule has 0 saturated heterocycles. The highest BCUT2D eigenvalue weighted by atomic mass is 79.9. The summed E-state index contributed by atoms with van der Waals surface area (Å²) in [6.45, 7) is 0. The zero-order valence-corrected chi connectivity index (χ0v) is 15.8. The molecule has 4 nitrogen and oxygen atoms in total. The number of carbonyl (C=O) groups excluding carboxylic acids is 2. The number of rotatable bonds is 4. The van der Waals surface area contributed by atoms with Crippen molar-refractivity contribution in [2.45, 2.75) is 11.5 Å². The Morgan fingerprint density at radius 2 is 1.59 bits per heavy atom. The Morgan fingerprint density at radius 3 is 2.26 bits per heavy atom. The van der Waals surface area contributed by atoms with E-state index in [1.54, 1.807) is 66.7 Å². The molecule has 27 heavy (non-hydrogen) atoms. The maximum atomic E-state index is 13.4. The largest absolute Gasteiger partial charge is 0.374 e. The minimum absolute atomic E-state index is 0.313. The van der Waals surface area contributed by atoms with E-state index in [0.29, 0.717) is 22.4 Å². The van der Waals surface area contributed by atoms with E-state index in [9.17, 15) is 14.7 Å². The predicted molar refractivity (Wildman–Crippen MR) is 107 cm³/mol. The van der Waals surface area contributed by atoms with Gasteiger partial charge in [-0.25, -0.2) is 0 Å². The summed E-state index contributed by atoms with van der Waals surface area (Å²) in [5, 5.41) is 14.3. The smallest absolute Gasteiger partial charge is 0.262 e. The average molecular weight is 422 g/mol. The minimum Gasteiger partial charge on any atom is -0.374 e. The number of nitrogens with one attached hydrogen (secondary N) is 1. The number of fused-ring (bicyclic) bond motifs is 1. The quantitative estimate of drug-likeness (QED) is 0.618. The molecule has 4 rings (SSSR count). The molecule has 1 aliphatic rings. The van der Waals surface area contributed by atoms with Crippen molar-refractivity contribution in [2.75, 3.05) is 5.32 Å². The number of hydrogen-bond donors (Lipinski definition) is 2. The summed E-state index contributed by atoms with van der Waals surface area (Å²) in [4.78, 5) is 26.3. The number of carbonyl (C=O) groups is 2. The predicted octanol–water partition coefficient (Wildman–Crippen LogP) is 4.26. The maximum absolute atomic E-state index is 13.4. The van der Waals surface area contributed by atoms with Crippen molar-refractivity contribution in [1.82, 2.24) is 0 Å². The molecule has 5 heteroatoms. The fourth-order valence-electron chi connectivity index (χ4n) is 3.56. The Hall–Kier alpha value is -2.76. The summed E-state index contributed by atoms with van der Waals surface area (Å²) < 4.78 is 0.718. The summed E-state index contributed by atoms with van der Waals surface area (Å²) in [6.07, 6.45) is 0. The van der Waals surface area contributed by atoms with E-state index in [0.717, 1.165) is 4.47 Å². The minimum atomic E-state index is -2.01. The van der Waals surface area contributed by atoms with Gasteiger partial charge in [-0.3, -0.25) is 9.59 Å². The Kier molecular flexibility index (Phi) is 4.42. The lowest BCUT2D eigenvalue weighted by molar-refractivity contribution is -0.135. The highest BCUT2D eigenvalue weighted by Gasteiger charge is 2.54. The first-order valence-electron chi connectivity index (χ1n) is 8.50. The molecule has 0 saturated carbocycles. The monoisotopic (exact) mass is 421 g/mol. The molecule has 1 heterocycles. The zero-order valence-electron chi connectivity index (χ0n) is 14.2. The van der Waals surface area contributed by atoms with Gasteiger partial charge in [0.15, 0.2) is 11.4 Å². The number of halogens is 1. The molecule has 2 N–H and O–H groups in total. The van der Waals surface area contributed by atoms with Crippen LogP contribution in [-0.2, 0) is 10.4 Å². The van der Waals surface area contributed by atoms with Crippen molar-refractivity contribution in [3.63, 3.8) is 0 Å². The van der Waals surface area contributed by atoms with Crippen LogP contribution in [0.15, 0.2) is 83.3 Å². The fourth-order valence-corrected chi connectivity index (χ4v) is 3.93. The van der Waals surface area contributed by atoms with Gasteiger partial charge in [-0.15, -0.1) is 0 Å². The Morgan fingerprint density at radius 1 is 0.963 bits per heavy atom. The third-order valence-corrected chi connectivity index (χ3v) is 5.35. The zero-order chi connectivity index (χ0) is 19.0. The topological polar surface area (TPSA) is 66.4 Å². The van der Waals surface area contributed by atoms with Crippen molar-refractivity contribution in [3.8, 4) is 0 Å². The molecule has 0 unspecified atom stereocenters. The van der Waals surface area contributed by atoms with Crippen molar-refractivity contribution >= 4 is 33.3 Å². The first-order chi connectivity index (χ1) is 13.0. The maximum Gasteiger partial charge on any atom is 0.262 e. The van der Waals surface area contributed by atoms with Crippen LogP contribution in [-0.4, -0.2) is 16.8 Å². The number of hydrogen-bond acceptors (Lipinski definition) is 3. The number of ketones is 1. The van der Waals surface area contributed by atoms with E-state index in [4.69, 9.17) is 0 Å². The fraction of sp³-hybridized carbons (Fsp3) is 0.0909. The van der Waals surface area contributed by atoms with Gasteiger partial charge in [0.05, 0.1) is 5.92 Å². The third kappa shape index (κ3) is 2.89. The van der Waals surface area contributed by atoms with Crippen LogP contribution < -0.4 is 5.32 Å². The Balaban J connectivity index is 1.93. The van der Waals surface area contributed by atoms with Gasteiger partial charge in [0.1, 0.15) is 0 Å². The molecular weight excluding hydrogens is 406 g/mol. The van der Waals surface area contributed by atoms with Crippen LogP contribution in [0.1, 0.15) is 27.4 Å². The van der Waals surface area contributed by atoms with E-state index < -0.39 is 17.4 Å². The lowest BCUT2D eigenvalue weighted by atomic mass is 9.74. The molecule has 1 aliphatic heterocycles. The SMILES string of the molecule is O=C(c1ccccc1)[C@H](c1ccccc1)[C@]1(O)C(=O)Nc2ccc(Br)cc21. The molecule has 0 spiro atoms. The molecule has 134 valence electrons. The standard InChI is InChI=1S/C22H16BrNO3/c23-16-11-12-18-17(13-16)22(27,21(26)24-18)19(14-7-3-1-4-8-14)20(25)15-9-5-2-6-10-15/h1-13,19,27H,(H,24,26)/t19-,22-/m0/s1. The van der Waals surface area contributed by atoms with Gasteiger partial charge in [-0.2, -0.15) is 0 Å². The number of amides is 1. The van der Waals surface area contributed by atoms with Gasteiger partial charge in [0.2, 0.25) is 0 Å². The summed E-state index contributed by atoms with van der Waals surface area (Å²) in [5.41, 5.74) is -0.0896. The summed E-state index contributed by atoms with van der Waals surface area (Å²) in [6, 6.07) is 22.8. The molecule has 0 aliphatic carbocycles. The number of anilines is 1. The number of aliphatic hydroxyl groups is 1. The third-order valence-electron chi connectivity index (χ3n) is 4.86. The second-order valence-corrected chi connectivity index (χ2v) is 7.40. The molecule has 0 aromatic heterocycles. The van der Waals surface area contributed by atoms with Crippen LogP contribution in [0.25, 0.3) is 0 Å². The molecule has 2 atom stereocenters. The highest BCUT2D eigenvalue weighted by molar-refractivity contribution is 9.10. The van der Waals surface area contributed by atoms with Crippen LogP contribution in [0.2, 0.25) is 0 Å². The van der Waals surface area contributed by atoms with Crippen LogP contribution in [0.4, 0.5) is 5.69 Å². The van der Waals surface area contributed by atoms with E-state index in [1.165, 1.54) is 0 Å². The van der Waals surface area contributed by atoms with Gasteiger partial charge in [0, 0.05) is 21.3 Å². The van der Waals surface area contributed by atoms with Gasteiger partial charge >= 0.3 is 0 Å². The molecular formula is C22H16BrNO3. The lowest BCUT2D eigenvalue weighted by Gasteiger charge is -2.30. The van der Waals surface area contributed by atoms with Crippen LogP contribution in [0, 0.1) is 0 Å². The molecule has 3 aromatic carbocycles. The van der Waals surface area contributed by atoms with E-state index in [2.05, 4.69) is 21.2 Å². The van der Waals surface area contributed by atoms with Gasteiger partial charge in [-0.05, 0) is 23.8 Å². The van der Waals surface area contributed by atoms with E-state index in [1.807, 2.05) is 12.1 Å². The van der Waals surface area contributed by atoms with Crippen molar-refractivity contribution in [1.29, 1.82) is 0 Å². The van der Waals surface area contributed by atoms with Gasteiger partial charge in [-0.1, -0.05) is 76.6 Å². The Labute approximate surface area is 165 Å². The van der Waals surface area contributed by atoms with Gasteiger partial charge < -0.3 is 10.4 Å². The number of Topliss-reactive ketones (excluding diaryl/α,β-unsaturated/α-hetero) is 1. The molecule has 0 bridgehead atoms. The van der Waals surface area contributed by atoms with Crippen molar-refractivity contribution in [2.24, 2.45) is 0 Å². The summed E-state index contributed by atoms with van der Waals surface area (Å²) >= 11 is 3.39. The molecule has 0 fully saturated rings. The average Bonchev–Trinajstić information content (AvgIpc) is 2.94. The van der Waals surface area contributed by atoms with Gasteiger partial charge in [0.25, 0.3) is 5.91 Å². The number of benzene rings is 3.